The molecule has 1 amide bonds. The number of rotatable bonds is 6. The average Bonchev–Trinajstić information content (AvgIpc) is 3.44. The predicted octanol–water partition coefficient (Wildman–Crippen LogP) is 4.99. The van der Waals surface area contributed by atoms with Gasteiger partial charge < -0.3 is 14.4 Å². The second kappa shape index (κ2) is 9.05. The summed E-state index contributed by atoms with van der Waals surface area (Å²) in [5.74, 6) is 0.811. The molecule has 150 valence electrons. The molecule has 2 heterocycles. The van der Waals surface area contributed by atoms with E-state index in [1.165, 1.54) is 23.5 Å². The van der Waals surface area contributed by atoms with E-state index in [0.717, 1.165) is 28.3 Å². The molecule has 1 aliphatic rings. The van der Waals surface area contributed by atoms with Crippen molar-refractivity contribution >= 4 is 17.4 Å². The van der Waals surface area contributed by atoms with Gasteiger partial charge in [0.25, 0.3) is 0 Å². The van der Waals surface area contributed by atoms with Crippen LogP contribution in [0.5, 0.6) is 5.75 Å². The van der Waals surface area contributed by atoms with Crippen LogP contribution >= 0.6 is 11.3 Å². The number of aromatic nitrogens is 1. The first-order valence-electron chi connectivity index (χ1n) is 9.46. The van der Waals surface area contributed by atoms with Crippen LogP contribution in [-0.4, -0.2) is 35.7 Å². The molecular formula is C22H21FN2O3S. The lowest BCUT2D eigenvalue weighted by Crippen LogP contribution is -2.30. The van der Waals surface area contributed by atoms with E-state index in [4.69, 9.17) is 9.47 Å². The first kappa shape index (κ1) is 19.4. The molecular weight excluding hydrogens is 391 g/mol. The molecule has 1 fully saturated rings. The third kappa shape index (κ3) is 5.12. The van der Waals surface area contributed by atoms with Crippen LogP contribution in [-0.2, 0) is 11.3 Å². The molecule has 0 aliphatic carbocycles. The van der Waals surface area contributed by atoms with Gasteiger partial charge in [-0.25, -0.2) is 14.2 Å². The summed E-state index contributed by atoms with van der Waals surface area (Å²) in [5, 5.41) is 2.65. The van der Waals surface area contributed by atoms with Gasteiger partial charge in [-0.2, -0.15) is 0 Å². The van der Waals surface area contributed by atoms with Crippen LogP contribution in [0.25, 0.3) is 11.1 Å². The minimum atomic E-state index is -0.300. The smallest absolute Gasteiger partial charge is 0.410 e. The molecule has 0 radical (unpaired) electrons. The molecule has 3 aromatic rings. The maximum atomic E-state index is 13.0. The Morgan fingerprint density at radius 3 is 2.55 bits per heavy atom. The van der Waals surface area contributed by atoms with Gasteiger partial charge in [0.2, 0.25) is 0 Å². The van der Waals surface area contributed by atoms with Gasteiger partial charge in [0, 0.05) is 30.6 Å². The van der Waals surface area contributed by atoms with Crippen LogP contribution in [0, 0.1) is 11.7 Å². The Kier molecular flexibility index (Phi) is 6.05. The number of hydrogen-bond acceptors (Lipinski definition) is 5. The van der Waals surface area contributed by atoms with Gasteiger partial charge in [-0.3, -0.25) is 0 Å². The molecule has 29 heavy (non-hydrogen) atoms. The summed E-state index contributed by atoms with van der Waals surface area (Å²) in [7, 11) is 0. The monoisotopic (exact) mass is 412 g/mol. The highest BCUT2D eigenvalue weighted by atomic mass is 32.1. The zero-order chi connectivity index (χ0) is 20.1. The van der Waals surface area contributed by atoms with E-state index in [1.807, 2.05) is 29.6 Å². The van der Waals surface area contributed by atoms with Crippen molar-refractivity contribution in [2.75, 3.05) is 19.7 Å². The highest BCUT2D eigenvalue weighted by Crippen LogP contribution is 2.24. The van der Waals surface area contributed by atoms with Crippen molar-refractivity contribution in [3.63, 3.8) is 0 Å². The van der Waals surface area contributed by atoms with E-state index >= 15 is 0 Å². The number of benzene rings is 2. The van der Waals surface area contributed by atoms with Crippen LogP contribution in [0.2, 0.25) is 0 Å². The summed E-state index contributed by atoms with van der Waals surface area (Å²) in [6, 6.07) is 14.2. The Morgan fingerprint density at radius 1 is 1.14 bits per heavy atom. The fourth-order valence-corrected chi connectivity index (χ4v) is 3.80. The van der Waals surface area contributed by atoms with Crippen LogP contribution in [0.4, 0.5) is 9.18 Å². The summed E-state index contributed by atoms with van der Waals surface area (Å²) in [5.41, 5.74) is 1.97. The van der Waals surface area contributed by atoms with Crippen molar-refractivity contribution in [1.82, 2.24) is 9.88 Å². The van der Waals surface area contributed by atoms with Gasteiger partial charge in [0.1, 0.15) is 23.2 Å². The Balaban J connectivity index is 1.23. The number of thiazole rings is 1. The van der Waals surface area contributed by atoms with E-state index in [9.17, 15) is 9.18 Å². The number of likely N-dealkylation sites (tertiary alicyclic amines) is 1. The van der Waals surface area contributed by atoms with Crippen molar-refractivity contribution < 1.29 is 18.7 Å². The van der Waals surface area contributed by atoms with E-state index in [1.54, 1.807) is 23.2 Å². The second-order valence-corrected chi connectivity index (χ2v) is 7.90. The first-order chi connectivity index (χ1) is 14.2. The van der Waals surface area contributed by atoms with Gasteiger partial charge >= 0.3 is 6.09 Å². The number of halogens is 1. The summed E-state index contributed by atoms with van der Waals surface area (Å²) in [4.78, 5) is 18.0. The summed E-state index contributed by atoms with van der Waals surface area (Å²) in [6.45, 7) is 2.07. The summed E-state index contributed by atoms with van der Waals surface area (Å²) in [6.07, 6.45) is 2.29. The zero-order valence-corrected chi connectivity index (χ0v) is 16.6. The van der Waals surface area contributed by atoms with Gasteiger partial charge in [-0.1, -0.05) is 24.3 Å². The van der Waals surface area contributed by atoms with E-state index in [2.05, 4.69) is 4.98 Å². The molecule has 0 bridgehead atoms. The molecule has 1 aliphatic heterocycles. The van der Waals surface area contributed by atoms with E-state index < -0.39 is 0 Å². The lowest BCUT2D eigenvalue weighted by molar-refractivity contribution is 0.102. The molecule has 5 nitrogen and oxygen atoms in total. The molecule has 1 atom stereocenters. The molecule has 1 unspecified atom stereocenters. The fourth-order valence-electron chi connectivity index (χ4n) is 3.27. The number of ether oxygens (including phenoxy) is 2. The summed E-state index contributed by atoms with van der Waals surface area (Å²) >= 11 is 1.47. The Morgan fingerprint density at radius 2 is 1.86 bits per heavy atom. The van der Waals surface area contributed by atoms with Gasteiger partial charge in [-0.15, -0.1) is 11.3 Å². The topological polar surface area (TPSA) is 51.7 Å². The Labute approximate surface area is 172 Å². The second-order valence-electron chi connectivity index (χ2n) is 6.92. The Hall–Kier alpha value is -2.93. The molecule has 0 saturated carbocycles. The minimum absolute atomic E-state index is 0.217. The zero-order valence-electron chi connectivity index (χ0n) is 15.8. The normalized spacial score (nSPS) is 16.0. The first-order valence-corrected chi connectivity index (χ1v) is 10.3. The van der Waals surface area contributed by atoms with Gasteiger partial charge in [0.15, 0.2) is 0 Å². The number of hydrogen-bond donors (Lipinski definition) is 0. The average molecular weight is 412 g/mol. The molecule has 0 N–H and O–H groups in total. The Bertz CT molecular complexity index is 930. The SMILES string of the molecule is O=C(OCc1nccs1)N1CCC(COc2ccc(-c3ccc(F)cc3)cc2)C1. The van der Waals surface area contributed by atoms with Crippen molar-refractivity contribution in [3.8, 4) is 16.9 Å². The number of carbonyl (C=O) groups is 1. The largest absolute Gasteiger partial charge is 0.493 e. The maximum absolute atomic E-state index is 13.0. The molecule has 4 rings (SSSR count). The van der Waals surface area contributed by atoms with Crippen LogP contribution < -0.4 is 4.74 Å². The minimum Gasteiger partial charge on any atom is -0.493 e. The molecule has 7 heteroatoms. The van der Waals surface area contributed by atoms with Crippen LogP contribution in [0.3, 0.4) is 0 Å². The quantitative estimate of drug-likeness (QED) is 0.573. The number of amides is 1. The van der Waals surface area contributed by atoms with Crippen molar-refractivity contribution in [3.05, 3.63) is 70.9 Å². The third-order valence-electron chi connectivity index (χ3n) is 4.86. The van der Waals surface area contributed by atoms with E-state index in [-0.39, 0.29) is 24.4 Å². The van der Waals surface area contributed by atoms with Crippen molar-refractivity contribution in [2.24, 2.45) is 5.92 Å². The molecule has 1 aromatic heterocycles. The lowest BCUT2D eigenvalue weighted by atomic mass is 10.1. The molecule has 0 spiro atoms. The fraction of sp³-hybridized carbons (Fsp3) is 0.273. The van der Waals surface area contributed by atoms with Crippen LogP contribution in [0.15, 0.2) is 60.1 Å². The highest BCUT2D eigenvalue weighted by Gasteiger charge is 2.27. The van der Waals surface area contributed by atoms with Crippen LogP contribution in [0.1, 0.15) is 11.4 Å². The van der Waals surface area contributed by atoms with E-state index in [0.29, 0.717) is 19.7 Å². The number of carbonyl (C=O) groups excluding carboxylic acids is 1. The van der Waals surface area contributed by atoms with Gasteiger partial charge in [-0.05, 0) is 41.8 Å². The lowest BCUT2D eigenvalue weighted by Gasteiger charge is -2.16. The predicted molar refractivity (Wildman–Crippen MR) is 109 cm³/mol. The van der Waals surface area contributed by atoms with Crippen molar-refractivity contribution in [2.45, 2.75) is 13.0 Å². The molecule has 2 aromatic carbocycles. The summed E-state index contributed by atoms with van der Waals surface area (Å²) < 4.78 is 24.3. The standard InChI is InChI=1S/C22H21FN2O3S/c23-19-5-1-17(2-6-19)18-3-7-20(8-4-18)27-14-16-9-11-25(13-16)22(26)28-15-21-24-10-12-29-21/h1-8,10,12,16H,9,11,13-15H2. The highest BCUT2D eigenvalue weighted by molar-refractivity contribution is 7.09. The van der Waals surface area contributed by atoms with Crippen molar-refractivity contribution in [1.29, 1.82) is 0 Å². The third-order valence-corrected chi connectivity index (χ3v) is 5.62. The number of nitrogens with zero attached hydrogens (tertiary/aromatic N) is 2. The van der Waals surface area contributed by atoms with Gasteiger partial charge in [0.05, 0.1) is 6.61 Å². The maximum Gasteiger partial charge on any atom is 0.410 e. The molecule has 1 saturated heterocycles.